The molecule has 46 heavy (non-hydrogen) atoms. The lowest BCUT2D eigenvalue weighted by Crippen LogP contribution is -2.51. The number of esters is 1. The van der Waals surface area contributed by atoms with Gasteiger partial charge in [-0.2, -0.15) is 0 Å². The Morgan fingerprint density at radius 3 is 2.54 bits per heavy atom. The molecule has 3 aliphatic heterocycles. The minimum Gasteiger partial charge on any atom is -0.457 e. The lowest BCUT2D eigenvalue weighted by Gasteiger charge is -2.41. The van der Waals surface area contributed by atoms with Crippen LogP contribution in [0, 0.1) is 11.8 Å². The summed E-state index contributed by atoms with van der Waals surface area (Å²) in [7, 11) is 0. The molecule has 4 heterocycles. The van der Waals surface area contributed by atoms with Gasteiger partial charge < -0.3 is 24.4 Å². The molecule has 1 unspecified atom stereocenters. The Morgan fingerprint density at radius 2 is 1.87 bits per heavy atom. The fourth-order valence-corrected chi connectivity index (χ4v) is 6.68. The van der Waals surface area contributed by atoms with E-state index in [-0.39, 0.29) is 30.1 Å². The summed E-state index contributed by atoms with van der Waals surface area (Å²) in [6.45, 7) is 12.4. The number of hydrogen-bond donors (Lipinski definition) is 1. The van der Waals surface area contributed by atoms with Crippen molar-refractivity contribution in [3.05, 3.63) is 66.0 Å². The van der Waals surface area contributed by atoms with Crippen molar-refractivity contribution >= 4 is 12.1 Å². The van der Waals surface area contributed by atoms with E-state index in [2.05, 4.69) is 22.9 Å². The van der Waals surface area contributed by atoms with Crippen LogP contribution in [0.1, 0.15) is 91.0 Å². The molecule has 3 aliphatic rings. The second-order valence-corrected chi connectivity index (χ2v) is 14.0. The molecular weight excluding hydrogens is 585 g/mol. The maximum Gasteiger partial charge on any atom is 0.410 e. The maximum atomic E-state index is 13.6. The van der Waals surface area contributed by atoms with Gasteiger partial charge in [-0.1, -0.05) is 51.1 Å². The number of halogens is 1. The highest BCUT2D eigenvalue weighted by molar-refractivity contribution is 5.70. The number of piperidine rings is 2. The van der Waals surface area contributed by atoms with Crippen molar-refractivity contribution in [1.29, 1.82) is 0 Å². The summed E-state index contributed by atoms with van der Waals surface area (Å²) >= 11 is 0. The van der Waals surface area contributed by atoms with Crippen LogP contribution in [0.5, 0.6) is 0 Å². The van der Waals surface area contributed by atoms with Crippen molar-refractivity contribution < 1.29 is 28.6 Å². The summed E-state index contributed by atoms with van der Waals surface area (Å²) in [4.78, 5) is 34.6. The molecule has 254 valence electrons. The van der Waals surface area contributed by atoms with Gasteiger partial charge >= 0.3 is 12.1 Å². The number of nitrogens with zero attached hydrogens (tertiary/aromatic N) is 3. The number of cyclic esters (lactones) is 1. The maximum absolute atomic E-state index is 13.6. The Labute approximate surface area is 274 Å². The molecule has 2 fully saturated rings. The Balaban J connectivity index is 1.45. The van der Waals surface area contributed by atoms with Gasteiger partial charge in [-0.15, -0.1) is 0 Å². The van der Waals surface area contributed by atoms with Crippen molar-refractivity contribution in [1.82, 2.24) is 14.8 Å². The van der Waals surface area contributed by atoms with Crippen molar-refractivity contribution in [2.45, 2.75) is 116 Å². The smallest absolute Gasteiger partial charge is 0.410 e. The van der Waals surface area contributed by atoms with Crippen molar-refractivity contribution in [3.63, 3.8) is 0 Å². The molecule has 1 aromatic heterocycles. The molecule has 8 nitrogen and oxygen atoms in total. The van der Waals surface area contributed by atoms with E-state index in [9.17, 15) is 19.1 Å². The molecule has 1 N–H and O–H groups in total. The average Bonchev–Trinajstić information content (AvgIpc) is 3.04. The number of amides is 1. The number of carbonyl (C=O) groups excluding carboxylic acids is 2. The number of hydrogen-bond acceptors (Lipinski definition) is 7. The lowest BCUT2D eigenvalue weighted by molar-refractivity contribution is -0.150. The predicted molar refractivity (Wildman–Crippen MR) is 178 cm³/mol. The Bertz CT molecular complexity index is 1220. The van der Waals surface area contributed by atoms with Crippen molar-refractivity contribution in [2.75, 3.05) is 26.2 Å². The molecule has 0 spiro atoms. The van der Waals surface area contributed by atoms with Gasteiger partial charge in [0.05, 0.1) is 0 Å². The van der Waals surface area contributed by atoms with Crippen LogP contribution in [-0.4, -0.2) is 88.2 Å². The Kier molecular flexibility index (Phi) is 13.0. The third-order valence-electron chi connectivity index (χ3n) is 9.94. The van der Waals surface area contributed by atoms with Crippen LogP contribution in [0.4, 0.5) is 9.18 Å². The van der Waals surface area contributed by atoms with Crippen LogP contribution < -0.4 is 0 Å². The summed E-state index contributed by atoms with van der Waals surface area (Å²) < 4.78 is 25.7. The molecule has 0 bridgehead atoms. The molecule has 2 saturated heterocycles. The highest BCUT2D eigenvalue weighted by atomic mass is 19.1. The third kappa shape index (κ3) is 10.2. The second-order valence-electron chi connectivity index (χ2n) is 14.0. The first-order chi connectivity index (χ1) is 21.9. The van der Waals surface area contributed by atoms with Gasteiger partial charge in [0, 0.05) is 62.9 Å². The second kappa shape index (κ2) is 16.7. The van der Waals surface area contributed by atoms with E-state index < -0.39 is 30.1 Å². The zero-order valence-corrected chi connectivity index (χ0v) is 28.3. The van der Waals surface area contributed by atoms with E-state index in [1.54, 1.807) is 24.1 Å². The number of likely N-dealkylation sites (tertiary alicyclic amines) is 2. The number of allylic oxidation sites excluding steroid dienone is 3. The largest absolute Gasteiger partial charge is 0.457 e. The van der Waals surface area contributed by atoms with Crippen molar-refractivity contribution in [3.8, 4) is 0 Å². The van der Waals surface area contributed by atoms with Crippen LogP contribution >= 0.6 is 0 Å². The topological polar surface area (TPSA) is 92.2 Å². The molecule has 9 heteroatoms. The number of carbonyl (C=O) groups is 2. The van der Waals surface area contributed by atoms with Gasteiger partial charge in [0.25, 0.3) is 0 Å². The van der Waals surface area contributed by atoms with Gasteiger partial charge in [-0.3, -0.25) is 9.78 Å². The van der Waals surface area contributed by atoms with Crippen LogP contribution in [0.2, 0.25) is 0 Å². The number of ether oxygens (including phenoxy) is 2. The minimum absolute atomic E-state index is 0.0132. The molecule has 6 atom stereocenters. The zero-order valence-electron chi connectivity index (χ0n) is 28.3. The molecule has 0 aliphatic carbocycles. The number of aliphatic hydroxyl groups is 1. The monoisotopic (exact) mass is 639 g/mol. The SMILES string of the molecule is C/C(=C\C=C\C(C)c1cccnc1)[C@H]1OC(=O)C[C@H](C)CC[C@@](C)(O)[C@@H](OC(=O)N2CCC(N3CCC(F)CC3)CC2)/C=C/[C@@H]1C. The summed E-state index contributed by atoms with van der Waals surface area (Å²) in [5.41, 5.74) is 0.690. The van der Waals surface area contributed by atoms with Crippen LogP contribution in [0.3, 0.4) is 0 Å². The Hall–Kier alpha value is -3.04. The van der Waals surface area contributed by atoms with Gasteiger partial charge in [0.15, 0.2) is 6.10 Å². The van der Waals surface area contributed by atoms with E-state index in [1.807, 2.05) is 57.3 Å². The number of alkyl halides is 1. The minimum atomic E-state index is -1.32. The van der Waals surface area contributed by atoms with E-state index in [0.29, 0.717) is 44.8 Å². The molecule has 1 aromatic rings. The summed E-state index contributed by atoms with van der Waals surface area (Å²) in [5.74, 6) is -0.341. The lowest BCUT2D eigenvalue weighted by atomic mass is 9.87. The Morgan fingerprint density at radius 1 is 1.15 bits per heavy atom. The van der Waals surface area contributed by atoms with Gasteiger partial charge in [0.2, 0.25) is 0 Å². The van der Waals surface area contributed by atoms with E-state index in [4.69, 9.17) is 9.47 Å². The molecule has 0 saturated carbocycles. The number of pyridine rings is 1. The average molecular weight is 640 g/mol. The van der Waals surface area contributed by atoms with Crippen LogP contribution in [-0.2, 0) is 14.3 Å². The molecule has 4 rings (SSSR count). The fourth-order valence-electron chi connectivity index (χ4n) is 6.68. The van der Waals surface area contributed by atoms with Crippen LogP contribution in [0.15, 0.2) is 60.5 Å². The quantitative estimate of drug-likeness (QED) is 0.209. The third-order valence-corrected chi connectivity index (χ3v) is 9.94. The standard InChI is InChI=1S/C37H54FN3O5/c1-26-13-18-37(5,44)33(45-36(43)41-22-16-32(17-23-41)40-20-14-31(38)15-21-40)12-11-29(4)35(46-34(42)24-26)28(3)9-6-8-27(2)30-10-7-19-39-25-30/h6-12,19,25-27,29,31-33,35,44H,13-18,20-24H2,1-5H3/b8-6+,12-11+,28-9+/t26-,27?,29+,33+,35-,37-/m1/s1. The number of rotatable bonds is 6. The summed E-state index contributed by atoms with van der Waals surface area (Å²) in [5, 5.41) is 11.6. The normalized spacial score (nSPS) is 31.5. The number of aromatic nitrogens is 1. The van der Waals surface area contributed by atoms with E-state index >= 15 is 0 Å². The first-order valence-corrected chi connectivity index (χ1v) is 17.1. The summed E-state index contributed by atoms with van der Waals surface area (Å²) in [6.07, 6.45) is 14.8. The predicted octanol–water partition coefficient (Wildman–Crippen LogP) is 6.77. The highest BCUT2D eigenvalue weighted by Gasteiger charge is 2.37. The highest BCUT2D eigenvalue weighted by Crippen LogP contribution is 2.30. The first-order valence-electron chi connectivity index (χ1n) is 17.1. The van der Waals surface area contributed by atoms with Gasteiger partial charge in [-0.25, -0.2) is 9.18 Å². The fraction of sp³-hybridized carbons (Fsp3) is 0.649. The van der Waals surface area contributed by atoms with Crippen molar-refractivity contribution in [2.24, 2.45) is 11.8 Å². The summed E-state index contributed by atoms with van der Waals surface area (Å²) in [6, 6.07) is 4.32. The van der Waals surface area contributed by atoms with E-state index in [1.165, 1.54) is 0 Å². The molecule has 0 aromatic carbocycles. The van der Waals surface area contributed by atoms with Gasteiger partial charge in [-0.05, 0) is 81.6 Å². The van der Waals surface area contributed by atoms with Gasteiger partial charge in [0.1, 0.15) is 17.9 Å². The molecular formula is C37H54FN3O5. The van der Waals surface area contributed by atoms with Crippen LogP contribution in [0.25, 0.3) is 0 Å². The van der Waals surface area contributed by atoms with E-state index in [0.717, 1.165) is 37.1 Å². The zero-order chi connectivity index (χ0) is 33.3. The molecule has 0 radical (unpaired) electrons. The first kappa shape index (κ1) is 35.8. The molecule has 1 amide bonds.